The molecule has 0 radical (unpaired) electrons. The van der Waals surface area contributed by atoms with Crippen molar-refractivity contribution >= 4 is 62.3 Å². The molecule has 226 valence electrons. The van der Waals surface area contributed by atoms with Crippen molar-refractivity contribution in [1.29, 1.82) is 0 Å². The number of nitrogens with zero attached hydrogens (tertiary/aromatic N) is 2. The minimum Gasteiger partial charge on any atom is -0.493 e. The third kappa shape index (κ3) is 7.80. The Morgan fingerprint density at radius 3 is 2.12 bits per heavy atom. The molecule has 1 atom stereocenters. The van der Waals surface area contributed by atoms with Gasteiger partial charge in [-0.15, -0.1) is 0 Å². The largest absolute Gasteiger partial charge is 0.493 e. The lowest BCUT2D eigenvalue weighted by Gasteiger charge is -2.33. The Hall–Kier alpha value is -3.18. The van der Waals surface area contributed by atoms with Crippen molar-refractivity contribution < 1.29 is 27.5 Å². The van der Waals surface area contributed by atoms with E-state index in [-0.39, 0.29) is 40.2 Å². The fourth-order valence-electron chi connectivity index (χ4n) is 4.29. The summed E-state index contributed by atoms with van der Waals surface area (Å²) in [7, 11) is -1.51. The third-order valence-electron chi connectivity index (χ3n) is 6.41. The average molecular weight is 657 g/mol. The lowest BCUT2D eigenvalue weighted by atomic mass is 10.1. The molecule has 42 heavy (non-hydrogen) atoms. The van der Waals surface area contributed by atoms with Crippen LogP contribution in [0.2, 0.25) is 15.1 Å². The summed E-state index contributed by atoms with van der Waals surface area (Å²) in [6.45, 7) is 3.26. The molecule has 1 unspecified atom stereocenters. The van der Waals surface area contributed by atoms with Crippen molar-refractivity contribution in [2.24, 2.45) is 0 Å². The van der Waals surface area contributed by atoms with Crippen molar-refractivity contribution in [2.75, 3.05) is 31.6 Å². The third-order valence-corrected chi connectivity index (χ3v) is 9.17. The molecule has 3 aromatic carbocycles. The van der Waals surface area contributed by atoms with E-state index in [4.69, 9.17) is 44.3 Å². The molecule has 2 amide bonds. The molecule has 9 nitrogen and oxygen atoms in total. The lowest BCUT2D eigenvalue weighted by molar-refractivity contribution is -0.140. The van der Waals surface area contributed by atoms with Gasteiger partial charge in [0.05, 0.1) is 34.8 Å². The van der Waals surface area contributed by atoms with Gasteiger partial charge in [0.15, 0.2) is 11.5 Å². The maximum Gasteiger partial charge on any atom is 0.264 e. The molecule has 0 spiro atoms. The molecule has 3 rings (SSSR count). The normalized spacial score (nSPS) is 11.9. The highest BCUT2D eigenvalue weighted by Crippen LogP contribution is 2.33. The second kappa shape index (κ2) is 14.8. The number of carbonyl (C=O) groups excluding carboxylic acids is 2. The number of methoxy groups -OCH3 is 2. The molecule has 3 aromatic rings. The number of amides is 2. The van der Waals surface area contributed by atoms with E-state index < -0.39 is 28.5 Å². The second-order valence-electron chi connectivity index (χ2n) is 9.09. The van der Waals surface area contributed by atoms with Crippen LogP contribution < -0.4 is 19.1 Å². The zero-order valence-corrected chi connectivity index (χ0v) is 26.6. The van der Waals surface area contributed by atoms with Crippen LogP contribution in [0, 0.1) is 0 Å². The smallest absolute Gasteiger partial charge is 0.264 e. The Kier molecular flexibility index (Phi) is 11.8. The number of benzene rings is 3. The van der Waals surface area contributed by atoms with Gasteiger partial charge in [-0.05, 0) is 67.4 Å². The SMILES string of the molecule is CCNC(=O)C(CC)N(Cc1ccc(Cl)c(Cl)c1)C(=O)CN(c1ccc(Cl)cc1)S(=O)(=O)c1ccc(OC)c(OC)c1. The molecule has 0 aliphatic rings. The molecule has 0 aliphatic carbocycles. The zero-order chi connectivity index (χ0) is 31.0. The van der Waals surface area contributed by atoms with Gasteiger partial charge in [-0.25, -0.2) is 8.42 Å². The van der Waals surface area contributed by atoms with E-state index in [1.165, 1.54) is 61.6 Å². The molecule has 0 fully saturated rings. The molecule has 0 heterocycles. The van der Waals surface area contributed by atoms with Crippen LogP contribution in [0.25, 0.3) is 0 Å². The summed E-state index contributed by atoms with van der Waals surface area (Å²) >= 11 is 18.4. The van der Waals surface area contributed by atoms with Crippen molar-refractivity contribution in [2.45, 2.75) is 37.8 Å². The van der Waals surface area contributed by atoms with Gasteiger partial charge in [-0.1, -0.05) is 47.8 Å². The highest BCUT2D eigenvalue weighted by molar-refractivity contribution is 7.92. The lowest BCUT2D eigenvalue weighted by Crippen LogP contribution is -2.52. The molecule has 0 aromatic heterocycles. The van der Waals surface area contributed by atoms with Gasteiger partial charge >= 0.3 is 0 Å². The Labute approximate surface area is 261 Å². The maximum absolute atomic E-state index is 14.1. The van der Waals surface area contributed by atoms with Gasteiger partial charge in [0.25, 0.3) is 10.0 Å². The molecule has 0 bridgehead atoms. The highest BCUT2D eigenvalue weighted by atomic mass is 35.5. The van der Waals surface area contributed by atoms with Gasteiger partial charge in [0.1, 0.15) is 12.6 Å². The maximum atomic E-state index is 14.1. The van der Waals surface area contributed by atoms with Crippen molar-refractivity contribution in [3.8, 4) is 11.5 Å². The van der Waals surface area contributed by atoms with Crippen LogP contribution in [0.4, 0.5) is 5.69 Å². The van der Waals surface area contributed by atoms with E-state index in [2.05, 4.69) is 5.32 Å². The standard InChI is InChI=1S/C29H32Cl3N3O6S/c1-5-25(29(37)33-6-2)34(17-19-7-13-23(31)24(32)15-19)28(36)18-35(21-10-8-20(30)9-11-21)42(38,39)22-12-14-26(40-3)27(16-22)41-4/h7-16,25H,5-6,17-18H2,1-4H3,(H,33,37). The van der Waals surface area contributed by atoms with Gasteiger partial charge in [-0.3, -0.25) is 13.9 Å². The quantitative estimate of drug-likeness (QED) is 0.249. The number of nitrogens with one attached hydrogen (secondary N) is 1. The molecule has 13 heteroatoms. The molecule has 0 saturated carbocycles. The summed E-state index contributed by atoms with van der Waals surface area (Å²) in [5, 5.41) is 3.76. The fraction of sp³-hybridized carbons (Fsp3) is 0.310. The Morgan fingerprint density at radius 1 is 0.881 bits per heavy atom. The number of hydrogen-bond donors (Lipinski definition) is 1. The summed E-state index contributed by atoms with van der Waals surface area (Å²) in [6, 6.07) is 14.2. The first-order chi connectivity index (χ1) is 20.0. The monoisotopic (exact) mass is 655 g/mol. The van der Waals surface area contributed by atoms with Crippen molar-refractivity contribution in [1.82, 2.24) is 10.2 Å². The van der Waals surface area contributed by atoms with Crippen LogP contribution in [0.15, 0.2) is 65.6 Å². The first kappa shape index (κ1) is 33.3. The molecule has 0 aliphatic heterocycles. The number of rotatable bonds is 13. The van der Waals surface area contributed by atoms with E-state index in [9.17, 15) is 18.0 Å². The van der Waals surface area contributed by atoms with E-state index in [1.807, 2.05) is 0 Å². The number of hydrogen-bond acceptors (Lipinski definition) is 6. The van der Waals surface area contributed by atoms with Gasteiger partial charge in [0.2, 0.25) is 11.8 Å². The highest BCUT2D eigenvalue weighted by Gasteiger charge is 2.34. The predicted octanol–water partition coefficient (Wildman–Crippen LogP) is 5.80. The number of likely N-dealkylation sites (N-methyl/N-ethyl adjacent to an activating group) is 1. The van der Waals surface area contributed by atoms with Crippen molar-refractivity contribution in [3.05, 3.63) is 81.3 Å². The van der Waals surface area contributed by atoms with Crippen LogP contribution in [0.1, 0.15) is 25.8 Å². The molecule has 1 N–H and O–H groups in total. The van der Waals surface area contributed by atoms with Crippen LogP contribution in [-0.2, 0) is 26.2 Å². The average Bonchev–Trinajstić information content (AvgIpc) is 2.97. The van der Waals surface area contributed by atoms with Gasteiger partial charge in [-0.2, -0.15) is 0 Å². The van der Waals surface area contributed by atoms with Crippen molar-refractivity contribution in [3.63, 3.8) is 0 Å². The summed E-state index contributed by atoms with van der Waals surface area (Å²) < 4.78 is 39.7. The molecular formula is C29H32Cl3N3O6S. The van der Waals surface area contributed by atoms with Gasteiger partial charge < -0.3 is 19.7 Å². The molecule has 0 saturated heterocycles. The number of halogens is 3. The number of ether oxygens (including phenoxy) is 2. The summed E-state index contributed by atoms with van der Waals surface area (Å²) in [4.78, 5) is 28.3. The van der Waals surface area contributed by atoms with Crippen LogP contribution in [0.3, 0.4) is 0 Å². The van der Waals surface area contributed by atoms with Crippen LogP contribution >= 0.6 is 34.8 Å². The van der Waals surface area contributed by atoms with Crippen LogP contribution in [0.5, 0.6) is 11.5 Å². The van der Waals surface area contributed by atoms with E-state index in [0.29, 0.717) is 27.9 Å². The Morgan fingerprint density at radius 2 is 1.55 bits per heavy atom. The zero-order valence-electron chi connectivity index (χ0n) is 23.6. The van der Waals surface area contributed by atoms with Gasteiger partial charge in [0, 0.05) is 24.2 Å². The summed E-state index contributed by atoms with van der Waals surface area (Å²) in [6.07, 6.45) is 0.280. The minimum absolute atomic E-state index is 0.0176. The van der Waals surface area contributed by atoms with Crippen LogP contribution in [-0.4, -0.2) is 58.5 Å². The summed E-state index contributed by atoms with van der Waals surface area (Å²) in [5.41, 5.74) is 0.810. The summed E-state index contributed by atoms with van der Waals surface area (Å²) in [5.74, 6) is -0.442. The molecular weight excluding hydrogens is 625 g/mol. The van der Waals surface area contributed by atoms with E-state index in [0.717, 1.165) is 4.31 Å². The minimum atomic E-state index is -4.33. The van der Waals surface area contributed by atoms with E-state index >= 15 is 0 Å². The first-order valence-electron chi connectivity index (χ1n) is 13.0. The van der Waals surface area contributed by atoms with E-state index in [1.54, 1.807) is 32.0 Å². The second-order valence-corrected chi connectivity index (χ2v) is 12.2. The predicted molar refractivity (Wildman–Crippen MR) is 165 cm³/mol. The first-order valence-corrected chi connectivity index (χ1v) is 15.6. The Balaban J connectivity index is 2.10. The number of carbonyl (C=O) groups is 2. The fourth-order valence-corrected chi connectivity index (χ4v) is 6.16. The Bertz CT molecular complexity index is 1520. The topological polar surface area (TPSA) is 105 Å². The number of sulfonamides is 1. The number of anilines is 1.